The van der Waals surface area contributed by atoms with E-state index in [9.17, 15) is 12.8 Å². The molecule has 18 heavy (non-hydrogen) atoms. The van der Waals surface area contributed by atoms with Gasteiger partial charge in [-0.1, -0.05) is 12.1 Å². The Morgan fingerprint density at radius 3 is 2.89 bits per heavy atom. The molecule has 5 nitrogen and oxygen atoms in total. The first-order chi connectivity index (χ1) is 8.47. The zero-order valence-corrected chi connectivity index (χ0v) is 10.3. The summed E-state index contributed by atoms with van der Waals surface area (Å²) in [5.74, 6) is -0.330. The molecule has 0 atom stereocenters. The van der Waals surface area contributed by atoms with Crippen molar-refractivity contribution in [3.05, 3.63) is 35.3 Å². The van der Waals surface area contributed by atoms with Crippen LogP contribution in [0.1, 0.15) is 11.3 Å². The Bertz CT molecular complexity index is 723. The van der Waals surface area contributed by atoms with Gasteiger partial charge in [0.15, 0.2) is 0 Å². The van der Waals surface area contributed by atoms with Crippen LogP contribution in [0.5, 0.6) is 0 Å². The minimum absolute atomic E-state index is 0.192. The Hall–Kier alpha value is -1.44. The number of benzene rings is 1. The highest BCUT2D eigenvalue weighted by Gasteiger charge is 2.26. The molecule has 2 aromatic rings. The third-order valence-corrected chi connectivity index (χ3v) is 4.32. The maximum Gasteiger partial charge on any atom is 0.277 e. The number of nitrogens with two attached hydrogens (primary N) is 1. The maximum atomic E-state index is 13.6. The average Bonchev–Trinajstić information content (AvgIpc) is 2.67. The molecule has 0 spiro atoms. The smallest absolute Gasteiger partial charge is 0.277 e. The number of aromatic amines is 1. The van der Waals surface area contributed by atoms with Crippen molar-refractivity contribution < 1.29 is 12.8 Å². The molecule has 1 aromatic carbocycles. The molecule has 96 valence electrons. The Balaban J connectivity index is 2.16. The number of nitrogens with zero attached hydrogens (tertiary/aromatic N) is 1. The number of hydrogen-bond acceptors (Lipinski definition) is 2. The number of halogens is 1. The summed E-state index contributed by atoms with van der Waals surface area (Å²) >= 11 is 0. The van der Waals surface area contributed by atoms with E-state index in [1.54, 1.807) is 12.1 Å². The molecule has 0 unspecified atom stereocenters. The number of H-pyrrole nitrogens is 1. The highest BCUT2D eigenvalue weighted by molar-refractivity contribution is 7.86. The molecule has 2 heterocycles. The fraction of sp³-hybridized carbons (Fsp3) is 0.273. The summed E-state index contributed by atoms with van der Waals surface area (Å²) in [4.78, 5) is 3.02. The molecule has 0 bridgehead atoms. The Morgan fingerprint density at radius 1 is 1.39 bits per heavy atom. The predicted octanol–water partition coefficient (Wildman–Crippen LogP) is 0.869. The van der Waals surface area contributed by atoms with E-state index in [0.29, 0.717) is 18.5 Å². The first kappa shape index (κ1) is 11.6. The van der Waals surface area contributed by atoms with Crippen LogP contribution >= 0.6 is 0 Å². The first-order valence-electron chi connectivity index (χ1n) is 5.52. The number of fused-ring (bicyclic) bond motifs is 3. The summed E-state index contributed by atoms with van der Waals surface area (Å²) in [6, 6.07) is 4.77. The molecule has 0 radical (unpaired) electrons. The molecule has 0 saturated heterocycles. The van der Waals surface area contributed by atoms with Crippen LogP contribution in [0.25, 0.3) is 10.9 Å². The van der Waals surface area contributed by atoms with Gasteiger partial charge >= 0.3 is 0 Å². The van der Waals surface area contributed by atoms with Crippen molar-refractivity contribution >= 4 is 21.1 Å². The van der Waals surface area contributed by atoms with E-state index in [2.05, 4.69) is 4.98 Å². The van der Waals surface area contributed by atoms with E-state index < -0.39 is 10.2 Å². The summed E-state index contributed by atoms with van der Waals surface area (Å²) in [7, 11) is -3.70. The minimum Gasteiger partial charge on any atom is -0.356 e. The third kappa shape index (κ3) is 1.71. The zero-order valence-electron chi connectivity index (χ0n) is 9.48. The van der Waals surface area contributed by atoms with Crippen LogP contribution < -0.4 is 5.14 Å². The summed E-state index contributed by atoms with van der Waals surface area (Å²) in [6.45, 7) is 0.512. The fourth-order valence-corrected chi connectivity index (χ4v) is 3.05. The summed E-state index contributed by atoms with van der Waals surface area (Å²) in [5.41, 5.74) is 2.12. The van der Waals surface area contributed by atoms with Crippen LogP contribution in [0, 0.1) is 5.82 Å². The summed E-state index contributed by atoms with van der Waals surface area (Å²) in [6.07, 6.45) is 0.514. The van der Waals surface area contributed by atoms with Crippen molar-refractivity contribution in [1.82, 2.24) is 9.29 Å². The fourth-order valence-electron chi connectivity index (χ4n) is 2.39. The van der Waals surface area contributed by atoms with E-state index in [-0.39, 0.29) is 12.4 Å². The monoisotopic (exact) mass is 269 g/mol. The molecule has 0 aliphatic carbocycles. The van der Waals surface area contributed by atoms with E-state index >= 15 is 0 Å². The lowest BCUT2D eigenvalue weighted by Gasteiger charge is -2.24. The van der Waals surface area contributed by atoms with Gasteiger partial charge in [-0.15, -0.1) is 0 Å². The van der Waals surface area contributed by atoms with Crippen LogP contribution in [0.3, 0.4) is 0 Å². The first-order valence-corrected chi connectivity index (χ1v) is 7.03. The van der Waals surface area contributed by atoms with Crippen molar-refractivity contribution in [2.75, 3.05) is 6.54 Å². The van der Waals surface area contributed by atoms with Gasteiger partial charge in [-0.2, -0.15) is 12.7 Å². The van der Waals surface area contributed by atoms with Gasteiger partial charge in [0.25, 0.3) is 10.2 Å². The molecule has 1 aliphatic heterocycles. The van der Waals surface area contributed by atoms with Crippen molar-refractivity contribution in [2.45, 2.75) is 13.0 Å². The zero-order chi connectivity index (χ0) is 12.9. The Labute approximate surface area is 104 Å². The average molecular weight is 269 g/mol. The number of rotatable bonds is 1. The molecule has 3 N–H and O–H groups in total. The molecular formula is C11H12FN3O2S. The topological polar surface area (TPSA) is 79.2 Å². The third-order valence-electron chi connectivity index (χ3n) is 3.28. The van der Waals surface area contributed by atoms with E-state index in [4.69, 9.17) is 5.14 Å². The Morgan fingerprint density at radius 2 is 2.17 bits per heavy atom. The van der Waals surface area contributed by atoms with Crippen molar-refractivity contribution in [1.29, 1.82) is 0 Å². The van der Waals surface area contributed by atoms with Crippen LogP contribution in [-0.4, -0.2) is 24.3 Å². The standard InChI is InChI=1S/C11H12FN3O2S/c12-9-3-1-2-7-8-6-15(18(13,16)17)5-4-10(8)14-11(7)9/h1-3,14H,4-6H2,(H2,13,16,17). The molecule has 1 aromatic heterocycles. The number of hydrogen-bond donors (Lipinski definition) is 2. The highest BCUT2D eigenvalue weighted by Crippen LogP contribution is 2.29. The second-order valence-corrected chi connectivity index (χ2v) is 5.92. The van der Waals surface area contributed by atoms with Crippen LogP contribution in [0.2, 0.25) is 0 Å². The van der Waals surface area contributed by atoms with Gasteiger partial charge in [0, 0.05) is 30.6 Å². The predicted molar refractivity (Wildman–Crippen MR) is 65.5 cm³/mol. The number of nitrogens with one attached hydrogen (secondary N) is 1. The van der Waals surface area contributed by atoms with Gasteiger partial charge < -0.3 is 4.98 Å². The normalized spacial score (nSPS) is 17.0. The van der Waals surface area contributed by atoms with Crippen LogP contribution in [-0.2, 0) is 23.2 Å². The number of para-hydroxylation sites is 1. The quantitative estimate of drug-likeness (QED) is 0.805. The van der Waals surface area contributed by atoms with Crippen molar-refractivity contribution in [3.8, 4) is 0 Å². The van der Waals surface area contributed by atoms with E-state index in [0.717, 1.165) is 16.6 Å². The summed E-state index contributed by atoms with van der Waals surface area (Å²) in [5, 5.41) is 5.84. The highest BCUT2D eigenvalue weighted by atomic mass is 32.2. The SMILES string of the molecule is NS(=O)(=O)N1CCc2[nH]c3c(F)cccc3c2C1. The van der Waals surface area contributed by atoms with E-state index in [1.807, 2.05) is 0 Å². The molecule has 7 heteroatoms. The van der Waals surface area contributed by atoms with Crippen molar-refractivity contribution in [3.63, 3.8) is 0 Å². The maximum absolute atomic E-state index is 13.6. The molecule has 1 aliphatic rings. The van der Waals surface area contributed by atoms with Gasteiger partial charge in [-0.3, -0.25) is 0 Å². The molecule has 3 rings (SSSR count). The van der Waals surface area contributed by atoms with Gasteiger partial charge in [-0.05, 0) is 11.6 Å². The molecule has 0 amide bonds. The van der Waals surface area contributed by atoms with Gasteiger partial charge in [0.05, 0.1) is 5.52 Å². The number of aromatic nitrogens is 1. The molecule has 0 fully saturated rings. The molecule has 0 saturated carbocycles. The second kappa shape index (κ2) is 3.78. The van der Waals surface area contributed by atoms with Crippen LogP contribution in [0.4, 0.5) is 4.39 Å². The minimum atomic E-state index is -3.70. The largest absolute Gasteiger partial charge is 0.356 e. The lowest BCUT2D eigenvalue weighted by Crippen LogP contribution is -2.40. The summed E-state index contributed by atoms with van der Waals surface area (Å²) < 4.78 is 37.5. The molecular weight excluding hydrogens is 257 g/mol. The van der Waals surface area contributed by atoms with Gasteiger partial charge in [0.2, 0.25) is 0 Å². The van der Waals surface area contributed by atoms with Crippen molar-refractivity contribution in [2.24, 2.45) is 5.14 Å². The Kier molecular flexibility index (Phi) is 2.44. The van der Waals surface area contributed by atoms with E-state index in [1.165, 1.54) is 10.4 Å². The van der Waals surface area contributed by atoms with Crippen LogP contribution in [0.15, 0.2) is 18.2 Å². The van der Waals surface area contributed by atoms with Gasteiger partial charge in [0.1, 0.15) is 5.82 Å². The lowest BCUT2D eigenvalue weighted by molar-refractivity contribution is 0.392. The lowest BCUT2D eigenvalue weighted by atomic mass is 10.1. The second-order valence-electron chi connectivity index (χ2n) is 4.37. The van der Waals surface area contributed by atoms with Gasteiger partial charge in [-0.25, -0.2) is 9.53 Å².